The molecule has 0 unspecified atom stereocenters. The molecule has 1 aliphatic heterocycles. The number of nitrogens with one attached hydrogen (secondary N) is 1. The second-order valence-corrected chi connectivity index (χ2v) is 9.43. The summed E-state index contributed by atoms with van der Waals surface area (Å²) in [6.07, 6.45) is 0.926. The Labute approximate surface area is 162 Å². The molecular formula is C21H35N5O. The number of ether oxygens (including phenoxy) is 1. The summed E-state index contributed by atoms with van der Waals surface area (Å²) in [4.78, 5) is 9.40. The maximum absolute atomic E-state index is 6.95. The summed E-state index contributed by atoms with van der Waals surface area (Å²) in [7, 11) is 0. The summed E-state index contributed by atoms with van der Waals surface area (Å²) in [5.41, 5.74) is 4.63. The lowest BCUT2D eigenvalue weighted by Crippen LogP contribution is -2.48. The molecule has 0 amide bonds. The number of hydrazine groups is 1. The lowest BCUT2D eigenvalue weighted by Gasteiger charge is -2.46. The molecule has 0 radical (unpaired) electrons. The molecule has 0 spiro atoms. The van der Waals surface area contributed by atoms with Crippen molar-refractivity contribution in [3.05, 3.63) is 17.1 Å². The van der Waals surface area contributed by atoms with E-state index < -0.39 is 5.72 Å². The molecule has 1 fully saturated rings. The number of nitrogens with zero attached hydrogens (tertiary/aromatic N) is 3. The van der Waals surface area contributed by atoms with Gasteiger partial charge in [-0.3, -0.25) is 4.57 Å². The quantitative estimate of drug-likeness (QED) is 0.609. The summed E-state index contributed by atoms with van der Waals surface area (Å²) in [6, 6.07) is 0. The van der Waals surface area contributed by atoms with Gasteiger partial charge in [-0.15, -0.1) is 0 Å². The summed E-state index contributed by atoms with van der Waals surface area (Å²) in [6.45, 7) is 21.8. The lowest BCUT2D eigenvalue weighted by atomic mass is 9.58. The van der Waals surface area contributed by atoms with Gasteiger partial charge in [0.25, 0.3) is 0 Å². The number of rotatable bonds is 3. The number of aryl methyl sites for hydroxylation is 3. The van der Waals surface area contributed by atoms with Crippen molar-refractivity contribution in [2.75, 3.05) is 5.43 Å². The molecule has 2 aromatic heterocycles. The Morgan fingerprint density at radius 3 is 2.07 bits per heavy atom. The zero-order valence-electron chi connectivity index (χ0n) is 18.5. The average molecular weight is 374 g/mol. The van der Waals surface area contributed by atoms with Crippen LogP contribution in [-0.2, 0) is 10.5 Å². The SMILES string of the molecule is CC[C@@]1(C)O[C@@](C)(n2c(NN)c(C)c3c(C)nc(C)nc32)C(C)(C)C1(C)C. The standard InChI is InChI=1S/C21H35N5O/c1-11-20(9)18(5,6)19(7,8)21(10,27-20)26-16(25-22)12(2)15-13(3)23-14(4)24-17(15)26/h25H,11,22H2,1-10H3/t20-,21-/m1/s1. The third kappa shape index (κ3) is 2.20. The average Bonchev–Trinajstić information content (AvgIpc) is 2.90. The Balaban J connectivity index is 2.45. The number of hydrogen-bond donors (Lipinski definition) is 2. The Kier molecular flexibility index (Phi) is 4.22. The third-order valence-corrected chi connectivity index (χ3v) is 8.05. The van der Waals surface area contributed by atoms with Crippen LogP contribution in [-0.4, -0.2) is 20.1 Å². The molecule has 0 bridgehead atoms. The maximum Gasteiger partial charge on any atom is 0.151 e. The van der Waals surface area contributed by atoms with Gasteiger partial charge in [0, 0.05) is 21.8 Å². The Hall–Kier alpha value is -1.66. The van der Waals surface area contributed by atoms with Crippen molar-refractivity contribution in [2.45, 2.75) is 87.0 Å². The number of hydrogen-bond acceptors (Lipinski definition) is 5. The first-order valence-corrected chi connectivity index (χ1v) is 9.82. The first kappa shape index (κ1) is 20.1. The molecule has 0 aromatic carbocycles. The molecule has 2 atom stereocenters. The van der Waals surface area contributed by atoms with E-state index in [4.69, 9.17) is 15.6 Å². The van der Waals surface area contributed by atoms with E-state index in [1.54, 1.807) is 0 Å². The van der Waals surface area contributed by atoms with E-state index in [1.165, 1.54) is 0 Å². The van der Waals surface area contributed by atoms with Crippen molar-refractivity contribution >= 4 is 16.9 Å². The van der Waals surface area contributed by atoms with Crippen molar-refractivity contribution in [1.29, 1.82) is 0 Å². The van der Waals surface area contributed by atoms with Gasteiger partial charge in [-0.1, -0.05) is 34.6 Å². The summed E-state index contributed by atoms with van der Waals surface area (Å²) >= 11 is 0. The predicted molar refractivity (Wildman–Crippen MR) is 111 cm³/mol. The number of nitrogens with two attached hydrogens (primary N) is 1. The molecule has 6 heteroatoms. The molecule has 3 N–H and O–H groups in total. The monoisotopic (exact) mass is 373 g/mol. The molecule has 1 saturated heterocycles. The first-order chi connectivity index (χ1) is 12.3. The van der Waals surface area contributed by atoms with Crippen LogP contribution in [0, 0.1) is 31.6 Å². The molecule has 2 aromatic rings. The third-order valence-electron chi connectivity index (χ3n) is 8.05. The normalized spacial score (nSPS) is 29.4. The summed E-state index contributed by atoms with van der Waals surface area (Å²) < 4.78 is 9.12. The van der Waals surface area contributed by atoms with E-state index in [0.717, 1.165) is 40.4 Å². The van der Waals surface area contributed by atoms with E-state index in [1.807, 2.05) is 13.8 Å². The van der Waals surface area contributed by atoms with Crippen LogP contribution in [0.4, 0.5) is 5.82 Å². The smallest absolute Gasteiger partial charge is 0.151 e. The second-order valence-electron chi connectivity index (χ2n) is 9.43. The maximum atomic E-state index is 6.95. The van der Waals surface area contributed by atoms with Crippen LogP contribution < -0.4 is 11.3 Å². The number of anilines is 1. The van der Waals surface area contributed by atoms with Crippen LogP contribution in [0.15, 0.2) is 0 Å². The van der Waals surface area contributed by atoms with Gasteiger partial charge >= 0.3 is 0 Å². The molecule has 3 heterocycles. The minimum absolute atomic E-state index is 0.0724. The van der Waals surface area contributed by atoms with Gasteiger partial charge in [0.15, 0.2) is 5.72 Å². The fourth-order valence-corrected chi connectivity index (χ4v) is 5.05. The van der Waals surface area contributed by atoms with E-state index in [-0.39, 0.29) is 16.4 Å². The topological polar surface area (TPSA) is 78.0 Å². The van der Waals surface area contributed by atoms with Crippen molar-refractivity contribution in [3.8, 4) is 0 Å². The van der Waals surface area contributed by atoms with E-state index in [2.05, 4.69) is 70.4 Å². The Morgan fingerprint density at radius 1 is 1.00 bits per heavy atom. The van der Waals surface area contributed by atoms with Crippen molar-refractivity contribution in [2.24, 2.45) is 16.7 Å². The van der Waals surface area contributed by atoms with Crippen LogP contribution in [0.25, 0.3) is 11.0 Å². The van der Waals surface area contributed by atoms with Crippen molar-refractivity contribution in [3.63, 3.8) is 0 Å². The van der Waals surface area contributed by atoms with Crippen molar-refractivity contribution in [1.82, 2.24) is 14.5 Å². The van der Waals surface area contributed by atoms with E-state index in [0.29, 0.717) is 0 Å². The molecule has 0 aliphatic carbocycles. The number of aromatic nitrogens is 3. The molecular weight excluding hydrogens is 338 g/mol. The van der Waals surface area contributed by atoms with E-state index in [9.17, 15) is 0 Å². The molecule has 0 saturated carbocycles. The van der Waals surface area contributed by atoms with Gasteiger partial charge < -0.3 is 10.2 Å². The molecule has 150 valence electrons. The van der Waals surface area contributed by atoms with Crippen molar-refractivity contribution < 1.29 is 4.74 Å². The fraction of sp³-hybridized carbons (Fsp3) is 0.714. The highest BCUT2D eigenvalue weighted by molar-refractivity contribution is 5.89. The zero-order chi connectivity index (χ0) is 20.6. The van der Waals surface area contributed by atoms with Gasteiger partial charge in [-0.2, -0.15) is 0 Å². The highest BCUT2D eigenvalue weighted by atomic mass is 16.5. The van der Waals surface area contributed by atoms with Gasteiger partial charge in [0.1, 0.15) is 17.3 Å². The van der Waals surface area contributed by atoms with Crippen LogP contribution in [0.1, 0.15) is 72.0 Å². The highest BCUT2D eigenvalue weighted by Gasteiger charge is 2.68. The highest BCUT2D eigenvalue weighted by Crippen LogP contribution is 2.66. The van der Waals surface area contributed by atoms with Crippen LogP contribution in [0.2, 0.25) is 0 Å². The fourth-order valence-electron chi connectivity index (χ4n) is 5.05. The Bertz CT molecular complexity index is 913. The Morgan fingerprint density at radius 2 is 1.59 bits per heavy atom. The zero-order valence-corrected chi connectivity index (χ0v) is 18.5. The second kappa shape index (κ2) is 5.67. The number of fused-ring (bicyclic) bond motifs is 1. The minimum atomic E-state index is -0.636. The molecule has 1 aliphatic rings. The summed E-state index contributed by atoms with van der Waals surface area (Å²) in [5.74, 6) is 7.59. The van der Waals surface area contributed by atoms with Crippen LogP contribution in [0.5, 0.6) is 0 Å². The summed E-state index contributed by atoms with van der Waals surface area (Å²) in [5, 5.41) is 1.04. The van der Waals surface area contributed by atoms with Gasteiger partial charge in [0.05, 0.1) is 11.3 Å². The number of nitrogen functional groups attached to an aromatic ring is 1. The van der Waals surface area contributed by atoms with Crippen LogP contribution in [0.3, 0.4) is 0 Å². The van der Waals surface area contributed by atoms with Crippen LogP contribution >= 0.6 is 0 Å². The van der Waals surface area contributed by atoms with Gasteiger partial charge in [-0.05, 0) is 41.0 Å². The van der Waals surface area contributed by atoms with Gasteiger partial charge in [-0.25, -0.2) is 15.8 Å². The predicted octanol–water partition coefficient (Wildman–Crippen LogP) is 4.57. The lowest BCUT2D eigenvalue weighted by molar-refractivity contribution is -0.159. The molecule has 3 rings (SSSR count). The van der Waals surface area contributed by atoms with E-state index >= 15 is 0 Å². The molecule has 6 nitrogen and oxygen atoms in total. The minimum Gasteiger partial charge on any atom is -0.348 e. The largest absolute Gasteiger partial charge is 0.348 e. The van der Waals surface area contributed by atoms with Gasteiger partial charge in [0.2, 0.25) is 0 Å². The molecule has 27 heavy (non-hydrogen) atoms. The first-order valence-electron chi connectivity index (χ1n) is 9.82.